The number of hydrogen-bond acceptors (Lipinski definition) is 4. The first-order chi connectivity index (χ1) is 2.83. The fourth-order valence-electron chi connectivity index (χ4n) is 0. The summed E-state index contributed by atoms with van der Waals surface area (Å²) in [6.07, 6.45) is 1.50. The Balaban J connectivity index is -0.000000000769. The SMILES string of the molecule is C.C.C.C.C.C.C.C.C.C.C.C.C.N=C=O.N=C=O. The van der Waals surface area contributed by atoms with Crippen LogP contribution in [0.1, 0.15) is 96.5 Å². The zero-order valence-corrected chi connectivity index (χ0v) is 2.82. The molecule has 0 unspecified atom stereocenters. The van der Waals surface area contributed by atoms with Gasteiger partial charge in [0, 0.05) is 0 Å². The summed E-state index contributed by atoms with van der Waals surface area (Å²) < 4.78 is 0. The molecule has 4 nitrogen and oxygen atoms in total. The number of rotatable bonds is 0. The fraction of sp³-hybridized carbons (Fsp3) is 0.867. The Morgan fingerprint density at radius 3 is 0.368 bits per heavy atom. The van der Waals surface area contributed by atoms with E-state index in [4.69, 9.17) is 20.4 Å². The number of hydrogen-bond donors (Lipinski definition) is 2. The summed E-state index contributed by atoms with van der Waals surface area (Å²) in [4.78, 5) is 16.7. The molecule has 2 N–H and O–H groups in total. The van der Waals surface area contributed by atoms with E-state index in [9.17, 15) is 0 Å². The van der Waals surface area contributed by atoms with Crippen molar-refractivity contribution in [3.8, 4) is 0 Å². The van der Waals surface area contributed by atoms with Crippen molar-refractivity contribution in [2.24, 2.45) is 0 Å². The Morgan fingerprint density at radius 1 is 0.368 bits per heavy atom. The number of isocyanates is 2. The lowest BCUT2D eigenvalue weighted by molar-refractivity contribution is 0.562. The van der Waals surface area contributed by atoms with Crippen LogP contribution in [0.25, 0.3) is 0 Å². The molecule has 0 aromatic carbocycles. The molecule has 4 heteroatoms. The smallest absolute Gasteiger partial charge is 0.222 e. The first kappa shape index (κ1) is 655. The van der Waals surface area contributed by atoms with Crippen molar-refractivity contribution < 1.29 is 9.59 Å². The summed E-state index contributed by atoms with van der Waals surface area (Å²) >= 11 is 0. The van der Waals surface area contributed by atoms with Gasteiger partial charge in [-0.3, -0.25) is 0 Å². The van der Waals surface area contributed by atoms with Crippen molar-refractivity contribution in [3.63, 3.8) is 0 Å². The van der Waals surface area contributed by atoms with Crippen LogP contribution < -0.4 is 0 Å². The van der Waals surface area contributed by atoms with Gasteiger partial charge in [0.05, 0.1) is 0 Å². The Hall–Kier alpha value is -1.24. The summed E-state index contributed by atoms with van der Waals surface area (Å²) in [7, 11) is 0. The van der Waals surface area contributed by atoms with Gasteiger partial charge >= 0.3 is 0 Å². The minimum atomic E-state index is 0. The third-order valence-corrected chi connectivity index (χ3v) is 0. The third-order valence-electron chi connectivity index (χ3n) is 0. The molecule has 0 fully saturated rings. The molecule has 0 heterocycles. The van der Waals surface area contributed by atoms with Crippen molar-refractivity contribution in [1.29, 1.82) is 10.8 Å². The molecular weight excluding hydrogens is 240 g/mol. The van der Waals surface area contributed by atoms with Gasteiger partial charge in [-0.1, -0.05) is 96.5 Å². The van der Waals surface area contributed by atoms with Gasteiger partial charge in [-0.25, -0.2) is 20.4 Å². The first-order valence-electron chi connectivity index (χ1n) is 0.908. The van der Waals surface area contributed by atoms with E-state index >= 15 is 0 Å². The normalized spacial score (nSPS) is 0.842. The highest BCUT2D eigenvalue weighted by atomic mass is 16.1. The van der Waals surface area contributed by atoms with Crippen LogP contribution in [-0.4, -0.2) is 12.2 Å². The molecule has 0 aromatic rings. The number of nitrogens with one attached hydrogen (secondary N) is 2. The summed E-state index contributed by atoms with van der Waals surface area (Å²) in [5, 5.41) is 10.8. The Bertz CT molecular complexity index is 72.1. The molecule has 0 spiro atoms. The van der Waals surface area contributed by atoms with Gasteiger partial charge < -0.3 is 0 Å². The molecule has 0 saturated heterocycles. The van der Waals surface area contributed by atoms with Crippen LogP contribution in [0.5, 0.6) is 0 Å². The molecule has 0 aromatic heterocycles. The fourth-order valence-corrected chi connectivity index (χ4v) is 0. The maximum Gasteiger partial charge on any atom is 0.231 e. The minimum Gasteiger partial charge on any atom is -0.222 e. The van der Waals surface area contributed by atoms with E-state index in [0.29, 0.717) is 0 Å². The van der Waals surface area contributed by atoms with Gasteiger partial charge in [-0.15, -0.1) is 0 Å². The molecule has 0 aliphatic heterocycles. The molecule has 0 radical (unpaired) electrons. The standard InChI is InChI=1S/2CHNO.13CH4/c2*2-1-3;;;;;;;;;;;;;/h2*2H;13*1H4. The van der Waals surface area contributed by atoms with E-state index in [0.717, 1.165) is 12.2 Å². The highest BCUT2D eigenvalue weighted by Gasteiger charge is 1.04. The van der Waals surface area contributed by atoms with Crippen molar-refractivity contribution in [3.05, 3.63) is 0 Å². The second-order valence-electron chi connectivity index (χ2n) is 0.204. The largest absolute Gasteiger partial charge is 0.231 e. The number of carbonyl (C=O) groups excluding carboxylic acids is 2. The molecule has 0 amide bonds. The first-order valence-corrected chi connectivity index (χ1v) is 0.908. The van der Waals surface area contributed by atoms with Gasteiger partial charge in [-0.2, -0.15) is 0 Å². The van der Waals surface area contributed by atoms with Crippen LogP contribution in [0.4, 0.5) is 0 Å². The minimum absolute atomic E-state index is 0. The average Bonchev–Trinajstić information content (AvgIpc) is 1.39. The monoisotopic (exact) mass is 294 g/mol. The highest BCUT2D eigenvalue weighted by molar-refractivity contribution is 5.26. The van der Waals surface area contributed by atoms with Crippen LogP contribution in [-0.2, 0) is 9.59 Å². The molecular formula is C15H54N2O2. The van der Waals surface area contributed by atoms with Crippen LogP contribution in [0, 0.1) is 10.8 Å². The molecule has 0 aliphatic rings. The van der Waals surface area contributed by atoms with Gasteiger partial charge in [0.2, 0.25) is 12.2 Å². The average molecular weight is 295 g/mol. The quantitative estimate of drug-likeness (QED) is 0.349. The molecule has 19 heavy (non-hydrogen) atoms. The Labute approximate surface area is 130 Å². The van der Waals surface area contributed by atoms with E-state index in [2.05, 4.69) is 0 Å². The van der Waals surface area contributed by atoms with Crippen molar-refractivity contribution >= 4 is 12.2 Å². The molecule has 0 saturated carbocycles. The lowest BCUT2D eigenvalue weighted by atomic mass is 11.7. The Morgan fingerprint density at radius 2 is 0.368 bits per heavy atom. The van der Waals surface area contributed by atoms with E-state index in [1.165, 1.54) is 0 Å². The van der Waals surface area contributed by atoms with Crippen LogP contribution >= 0.6 is 0 Å². The van der Waals surface area contributed by atoms with Gasteiger partial charge in [0.1, 0.15) is 0 Å². The van der Waals surface area contributed by atoms with E-state index in [1.54, 1.807) is 0 Å². The van der Waals surface area contributed by atoms with Crippen molar-refractivity contribution in [2.45, 2.75) is 96.5 Å². The van der Waals surface area contributed by atoms with Gasteiger partial charge in [0.25, 0.3) is 0 Å². The predicted octanol–water partition coefficient (Wildman–Crippen LogP) is 8.07. The summed E-state index contributed by atoms with van der Waals surface area (Å²) in [5.74, 6) is 0. The van der Waals surface area contributed by atoms with Crippen molar-refractivity contribution in [1.82, 2.24) is 0 Å². The topological polar surface area (TPSA) is 81.8 Å². The summed E-state index contributed by atoms with van der Waals surface area (Å²) in [5.41, 5.74) is 0. The highest BCUT2D eigenvalue weighted by Crippen LogP contribution is 0.871. The van der Waals surface area contributed by atoms with Crippen LogP contribution in [0.2, 0.25) is 0 Å². The second-order valence-corrected chi connectivity index (χ2v) is 0.204. The maximum absolute atomic E-state index is 8.35. The van der Waals surface area contributed by atoms with Gasteiger partial charge in [0.15, 0.2) is 0 Å². The molecule has 0 aliphatic carbocycles. The molecule has 0 atom stereocenters. The maximum atomic E-state index is 8.35. The van der Waals surface area contributed by atoms with E-state index < -0.39 is 0 Å². The lowest BCUT2D eigenvalue weighted by Crippen LogP contribution is -1.16. The molecule has 0 rings (SSSR count). The summed E-state index contributed by atoms with van der Waals surface area (Å²) in [6, 6.07) is 0. The van der Waals surface area contributed by atoms with Crippen LogP contribution in [0.15, 0.2) is 0 Å². The third kappa shape index (κ3) is 2370. The molecule has 0 bridgehead atoms. The van der Waals surface area contributed by atoms with Gasteiger partial charge in [-0.05, 0) is 0 Å². The van der Waals surface area contributed by atoms with E-state index in [1.807, 2.05) is 0 Å². The molecule has 136 valence electrons. The van der Waals surface area contributed by atoms with E-state index in [-0.39, 0.29) is 96.5 Å². The zero-order chi connectivity index (χ0) is 5.41. The second kappa shape index (κ2) is 7210. The summed E-state index contributed by atoms with van der Waals surface area (Å²) in [6.45, 7) is 0. The predicted molar refractivity (Wildman–Crippen MR) is 104 cm³/mol. The zero-order valence-electron chi connectivity index (χ0n) is 2.82. The van der Waals surface area contributed by atoms with Crippen molar-refractivity contribution in [2.75, 3.05) is 0 Å². The lowest BCUT2D eigenvalue weighted by Gasteiger charge is -1.02. The Kier molecular flexibility index (Phi) is 248000. The van der Waals surface area contributed by atoms with Crippen LogP contribution in [0.3, 0.4) is 0 Å².